The molecule has 0 bridgehead atoms. The van der Waals surface area contributed by atoms with Crippen LogP contribution in [0.25, 0.3) is 0 Å². The fourth-order valence-electron chi connectivity index (χ4n) is 0.654. The Labute approximate surface area is 75.1 Å². The molecular weight excluding hydrogens is 152 g/mol. The average molecular weight is 170 g/mol. The Bertz CT molecular complexity index is 129. The Morgan fingerprint density at radius 3 is 2.75 bits per heavy atom. The lowest BCUT2D eigenvalue weighted by Gasteiger charge is -2.09. The van der Waals surface area contributed by atoms with Gasteiger partial charge in [0, 0.05) is 13.1 Å². The predicted molar refractivity (Wildman–Crippen MR) is 51.1 cm³/mol. The summed E-state index contributed by atoms with van der Waals surface area (Å²) in [6.07, 6.45) is 5.05. The monoisotopic (exact) mass is 170 g/mol. The van der Waals surface area contributed by atoms with Gasteiger partial charge in [0.1, 0.15) is 0 Å². The Balaban J connectivity index is 2.87. The van der Waals surface area contributed by atoms with Crippen molar-refractivity contribution in [3.05, 3.63) is 0 Å². The quantitative estimate of drug-likeness (QED) is 0.422. The lowest BCUT2D eigenvalue weighted by Crippen LogP contribution is -2.23. The number of terminal acetylenes is 1. The smallest absolute Gasteiger partial charge is 0.0593 e. The zero-order chi connectivity index (χ0) is 9.23. The van der Waals surface area contributed by atoms with Crippen LogP contribution in [0, 0.1) is 12.3 Å². The van der Waals surface area contributed by atoms with Gasteiger partial charge in [-0.05, 0) is 14.1 Å². The summed E-state index contributed by atoms with van der Waals surface area (Å²) < 4.78 is 5.32. The number of rotatable bonds is 7. The van der Waals surface area contributed by atoms with Crippen LogP contribution in [0.4, 0.5) is 0 Å². The maximum Gasteiger partial charge on any atom is 0.0593 e. The second kappa shape index (κ2) is 8.54. The van der Waals surface area contributed by atoms with Crippen molar-refractivity contribution >= 4 is 0 Å². The molecule has 0 saturated heterocycles. The third-order valence-corrected chi connectivity index (χ3v) is 1.33. The number of nitrogens with one attached hydrogen (secondary N) is 1. The SMILES string of the molecule is C#CCNCCOCCN(C)C. The molecule has 0 fully saturated rings. The molecule has 0 radical (unpaired) electrons. The van der Waals surface area contributed by atoms with E-state index in [2.05, 4.69) is 16.1 Å². The lowest BCUT2D eigenvalue weighted by atomic mass is 10.6. The minimum Gasteiger partial charge on any atom is -0.379 e. The van der Waals surface area contributed by atoms with Crippen LogP contribution in [0.5, 0.6) is 0 Å². The van der Waals surface area contributed by atoms with Crippen molar-refractivity contribution in [2.75, 3.05) is 46.9 Å². The van der Waals surface area contributed by atoms with Gasteiger partial charge in [0.25, 0.3) is 0 Å². The van der Waals surface area contributed by atoms with E-state index in [1.165, 1.54) is 0 Å². The summed E-state index contributed by atoms with van der Waals surface area (Å²) in [6, 6.07) is 0. The van der Waals surface area contributed by atoms with Gasteiger partial charge in [-0.25, -0.2) is 0 Å². The zero-order valence-electron chi connectivity index (χ0n) is 7.97. The van der Waals surface area contributed by atoms with Crippen LogP contribution in [-0.2, 0) is 4.74 Å². The zero-order valence-corrected chi connectivity index (χ0v) is 7.97. The maximum absolute atomic E-state index is 5.32. The molecule has 12 heavy (non-hydrogen) atoms. The molecule has 70 valence electrons. The van der Waals surface area contributed by atoms with Crippen LogP contribution in [0.15, 0.2) is 0 Å². The molecule has 0 aliphatic rings. The number of ether oxygens (including phenoxy) is 1. The molecule has 0 unspecified atom stereocenters. The largest absolute Gasteiger partial charge is 0.379 e. The van der Waals surface area contributed by atoms with Crippen LogP contribution in [0.2, 0.25) is 0 Å². The predicted octanol–water partition coefficient (Wildman–Crippen LogP) is -0.213. The molecule has 0 rings (SSSR count). The van der Waals surface area contributed by atoms with Crippen LogP contribution in [-0.4, -0.2) is 51.8 Å². The van der Waals surface area contributed by atoms with Crippen molar-refractivity contribution in [1.82, 2.24) is 10.2 Å². The van der Waals surface area contributed by atoms with E-state index in [1.54, 1.807) is 0 Å². The molecule has 1 N–H and O–H groups in total. The summed E-state index contributed by atoms with van der Waals surface area (Å²) in [4.78, 5) is 2.09. The van der Waals surface area contributed by atoms with Gasteiger partial charge < -0.3 is 15.0 Å². The first-order valence-electron chi connectivity index (χ1n) is 4.14. The first-order valence-corrected chi connectivity index (χ1v) is 4.14. The van der Waals surface area contributed by atoms with Gasteiger partial charge in [0.2, 0.25) is 0 Å². The lowest BCUT2D eigenvalue weighted by molar-refractivity contribution is 0.120. The summed E-state index contributed by atoms with van der Waals surface area (Å²) in [5.41, 5.74) is 0. The Morgan fingerprint density at radius 2 is 2.17 bits per heavy atom. The van der Waals surface area contributed by atoms with E-state index >= 15 is 0 Å². The van der Waals surface area contributed by atoms with Crippen LogP contribution < -0.4 is 5.32 Å². The van der Waals surface area contributed by atoms with Crippen molar-refractivity contribution < 1.29 is 4.74 Å². The summed E-state index contributed by atoms with van der Waals surface area (Å²) >= 11 is 0. The standard InChI is InChI=1S/C9H18N2O/c1-4-5-10-6-8-12-9-7-11(2)3/h1,10H,5-9H2,2-3H3. The molecule has 3 nitrogen and oxygen atoms in total. The van der Waals surface area contributed by atoms with Crippen molar-refractivity contribution in [1.29, 1.82) is 0 Å². The van der Waals surface area contributed by atoms with Gasteiger partial charge in [-0.1, -0.05) is 5.92 Å². The molecule has 0 aromatic carbocycles. The Morgan fingerprint density at radius 1 is 1.42 bits per heavy atom. The Hall–Kier alpha value is -0.560. The van der Waals surface area contributed by atoms with E-state index in [-0.39, 0.29) is 0 Å². The highest BCUT2D eigenvalue weighted by molar-refractivity contribution is 4.86. The number of hydrogen-bond acceptors (Lipinski definition) is 3. The van der Waals surface area contributed by atoms with Gasteiger partial charge >= 0.3 is 0 Å². The minimum atomic E-state index is 0.622. The number of likely N-dealkylation sites (N-methyl/N-ethyl adjacent to an activating group) is 1. The molecule has 0 aliphatic carbocycles. The van der Waals surface area contributed by atoms with Crippen molar-refractivity contribution in [2.24, 2.45) is 0 Å². The third-order valence-electron chi connectivity index (χ3n) is 1.33. The van der Waals surface area contributed by atoms with Gasteiger partial charge in [-0.3, -0.25) is 0 Å². The highest BCUT2D eigenvalue weighted by Crippen LogP contribution is 1.77. The fraction of sp³-hybridized carbons (Fsp3) is 0.778. The van der Waals surface area contributed by atoms with Crippen molar-refractivity contribution in [2.45, 2.75) is 0 Å². The Kier molecular flexibility index (Phi) is 8.14. The van der Waals surface area contributed by atoms with E-state index in [0.29, 0.717) is 6.54 Å². The molecule has 0 spiro atoms. The molecule has 0 aromatic heterocycles. The molecule has 0 saturated carbocycles. The minimum absolute atomic E-state index is 0.622. The van der Waals surface area contributed by atoms with Crippen LogP contribution in [0.3, 0.4) is 0 Å². The second-order valence-corrected chi connectivity index (χ2v) is 2.80. The summed E-state index contributed by atoms with van der Waals surface area (Å²) in [5, 5.41) is 3.05. The normalized spacial score (nSPS) is 10.2. The van der Waals surface area contributed by atoms with E-state index in [1.807, 2.05) is 14.1 Å². The first kappa shape index (κ1) is 11.4. The van der Waals surface area contributed by atoms with E-state index in [4.69, 9.17) is 11.2 Å². The molecule has 0 aromatic rings. The van der Waals surface area contributed by atoms with Gasteiger partial charge in [0.05, 0.1) is 19.8 Å². The van der Waals surface area contributed by atoms with Crippen molar-refractivity contribution in [3.63, 3.8) is 0 Å². The summed E-state index contributed by atoms with van der Waals surface area (Å²) in [5.74, 6) is 2.50. The van der Waals surface area contributed by atoms with Gasteiger partial charge in [0.15, 0.2) is 0 Å². The summed E-state index contributed by atoms with van der Waals surface area (Å²) in [7, 11) is 4.06. The number of nitrogens with zero attached hydrogens (tertiary/aromatic N) is 1. The maximum atomic E-state index is 5.32. The van der Waals surface area contributed by atoms with E-state index in [9.17, 15) is 0 Å². The topological polar surface area (TPSA) is 24.5 Å². The van der Waals surface area contributed by atoms with E-state index < -0.39 is 0 Å². The highest BCUT2D eigenvalue weighted by atomic mass is 16.5. The molecule has 3 heteroatoms. The fourth-order valence-corrected chi connectivity index (χ4v) is 0.654. The average Bonchev–Trinajstić information content (AvgIpc) is 2.02. The molecule has 0 aliphatic heterocycles. The second-order valence-electron chi connectivity index (χ2n) is 2.80. The molecule has 0 heterocycles. The number of hydrogen-bond donors (Lipinski definition) is 1. The van der Waals surface area contributed by atoms with Gasteiger partial charge in [-0.15, -0.1) is 6.42 Å². The van der Waals surface area contributed by atoms with Gasteiger partial charge in [-0.2, -0.15) is 0 Å². The third kappa shape index (κ3) is 9.44. The van der Waals surface area contributed by atoms with Crippen LogP contribution in [0.1, 0.15) is 0 Å². The molecule has 0 amide bonds. The summed E-state index contributed by atoms with van der Waals surface area (Å²) in [6.45, 7) is 3.93. The molecular formula is C9H18N2O. The van der Waals surface area contributed by atoms with E-state index in [0.717, 1.165) is 26.3 Å². The van der Waals surface area contributed by atoms with Crippen LogP contribution >= 0.6 is 0 Å². The highest BCUT2D eigenvalue weighted by Gasteiger charge is 1.89. The van der Waals surface area contributed by atoms with Crippen molar-refractivity contribution in [3.8, 4) is 12.3 Å². The first-order chi connectivity index (χ1) is 5.77. The molecule has 0 atom stereocenters.